The highest BCUT2D eigenvalue weighted by molar-refractivity contribution is 6.24. The van der Waals surface area contributed by atoms with Gasteiger partial charge in [-0.15, -0.1) is 0 Å². The topological polar surface area (TPSA) is 16.4 Å². The number of rotatable bonds is 6. The fraction of sp³-hybridized carbons (Fsp3) is 0. The Balaban J connectivity index is 1.20. The van der Waals surface area contributed by atoms with Gasteiger partial charge in [-0.1, -0.05) is 158 Å². The van der Waals surface area contributed by atoms with Gasteiger partial charge >= 0.3 is 0 Å². The summed E-state index contributed by atoms with van der Waals surface area (Å²) in [6.07, 6.45) is 0. The molecule has 2 nitrogen and oxygen atoms in total. The molecule has 1 aromatic heterocycles. The Morgan fingerprint density at radius 1 is 0.327 bits per heavy atom. The molecule has 0 bridgehead atoms. The highest BCUT2D eigenvalue weighted by Crippen LogP contribution is 2.47. The van der Waals surface area contributed by atoms with Crippen molar-refractivity contribution in [3.63, 3.8) is 0 Å². The summed E-state index contributed by atoms with van der Waals surface area (Å²) in [7, 11) is 0. The first-order valence-corrected chi connectivity index (χ1v) is 17.8. The third-order valence-corrected chi connectivity index (χ3v) is 10.2. The van der Waals surface area contributed by atoms with E-state index < -0.39 is 0 Å². The van der Waals surface area contributed by atoms with Crippen molar-refractivity contribution in [2.24, 2.45) is 0 Å². The Hall–Kier alpha value is -6.90. The van der Waals surface area contributed by atoms with Crippen molar-refractivity contribution in [3.8, 4) is 33.4 Å². The summed E-state index contributed by atoms with van der Waals surface area (Å²) >= 11 is 0. The standard InChI is InChI=1S/C50H33NO/c1-3-12-34(13-4-1)37-24-28-42(29-25-37)51(43-30-26-38(27-31-43)35-14-5-2-6-15-35)47-21-11-20-45-48-44-19-10-9-18-40(44)33-46(50(48)52-49(45)47)41-23-22-36-16-7-8-17-39(36)32-41/h1-33H. The molecule has 10 rings (SSSR count). The van der Waals surface area contributed by atoms with Gasteiger partial charge in [0.05, 0.1) is 5.69 Å². The Labute approximate surface area is 302 Å². The molecule has 0 fully saturated rings. The van der Waals surface area contributed by atoms with Gasteiger partial charge in [0, 0.05) is 27.7 Å². The first-order valence-electron chi connectivity index (χ1n) is 17.8. The van der Waals surface area contributed by atoms with Crippen LogP contribution in [0.2, 0.25) is 0 Å². The van der Waals surface area contributed by atoms with E-state index in [1.165, 1.54) is 43.8 Å². The number of hydrogen-bond donors (Lipinski definition) is 0. The van der Waals surface area contributed by atoms with E-state index in [9.17, 15) is 0 Å². The Bertz CT molecular complexity index is 2790. The monoisotopic (exact) mass is 663 g/mol. The molecule has 0 N–H and O–H groups in total. The molecule has 2 heteroatoms. The number of nitrogens with zero attached hydrogens (tertiary/aromatic N) is 1. The summed E-state index contributed by atoms with van der Waals surface area (Å²) in [6, 6.07) is 71.5. The average molecular weight is 664 g/mol. The van der Waals surface area contributed by atoms with Crippen molar-refractivity contribution < 1.29 is 4.42 Å². The largest absolute Gasteiger partial charge is 0.453 e. The average Bonchev–Trinajstić information content (AvgIpc) is 3.63. The van der Waals surface area contributed by atoms with Crippen molar-refractivity contribution in [1.29, 1.82) is 0 Å². The molecule has 0 aliphatic rings. The van der Waals surface area contributed by atoms with E-state index in [1.807, 2.05) is 0 Å². The van der Waals surface area contributed by atoms with Crippen molar-refractivity contribution in [2.45, 2.75) is 0 Å². The van der Waals surface area contributed by atoms with Crippen LogP contribution >= 0.6 is 0 Å². The van der Waals surface area contributed by atoms with E-state index in [4.69, 9.17) is 4.42 Å². The van der Waals surface area contributed by atoms with Gasteiger partial charge in [0.25, 0.3) is 0 Å². The maximum absolute atomic E-state index is 7.16. The molecule has 244 valence electrons. The number of furan rings is 1. The van der Waals surface area contributed by atoms with Crippen LogP contribution in [0.3, 0.4) is 0 Å². The maximum Gasteiger partial charge on any atom is 0.159 e. The van der Waals surface area contributed by atoms with Crippen LogP contribution in [-0.2, 0) is 0 Å². The summed E-state index contributed by atoms with van der Waals surface area (Å²) in [6.45, 7) is 0. The maximum atomic E-state index is 7.16. The van der Waals surface area contributed by atoms with Gasteiger partial charge in [-0.3, -0.25) is 0 Å². The van der Waals surface area contributed by atoms with E-state index in [-0.39, 0.29) is 0 Å². The van der Waals surface area contributed by atoms with Gasteiger partial charge in [0.1, 0.15) is 5.58 Å². The lowest BCUT2D eigenvalue weighted by Crippen LogP contribution is -2.10. The number of hydrogen-bond acceptors (Lipinski definition) is 2. The summed E-state index contributed by atoms with van der Waals surface area (Å²) in [5.74, 6) is 0. The Morgan fingerprint density at radius 2 is 0.846 bits per heavy atom. The predicted octanol–water partition coefficient (Wildman–Crippen LogP) is 14.4. The van der Waals surface area contributed by atoms with E-state index in [0.29, 0.717) is 0 Å². The van der Waals surface area contributed by atoms with Crippen LogP contribution in [0.4, 0.5) is 17.1 Å². The van der Waals surface area contributed by atoms with Crippen molar-refractivity contribution in [1.82, 2.24) is 0 Å². The molecule has 0 atom stereocenters. The van der Waals surface area contributed by atoms with Crippen LogP contribution in [0.15, 0.2) is 205 Å². The quantitative estimate of drug-likeness (QED) is 0.176. The van der Waals surface area contributed by atoms with Crippen molar-refractivity contribution in [3.05, 3.63) is 200 Å². The molecule has 9 aromatic carbocycles. The van der Waals surface area contributed by atoms with Gasteiger partial charge in [-0.05, 0) is 91.8 Å². The van der Waals surface area contributed by atoms with Gasteiger partial charge in [0.2, 0.25) is 0 Å². The summed E-state index contributed by atoms with van der Waals surface area (Å²) < 4.78 is 7.16. The molecule has 10 aromatic rings. The molecule has 0 aliphatic heterocycles. The molecular weight excluding hydrogens is 631 g/mol. The minimum absolute atomic E-state index is 0.857. The highest BCUT2D eigenvalue weighted by atomic mass is 16.3. The number of benzene rings is 9. The fourth-order valence-electron chi connectivity index (χ4n) is 7.67. The number of para-hydroxylation sites is 1. The lowest BCUT2D eigenvalue weighted by molar-refractivity contribution is 0.670. The lowest BCUT2D eigenvalue weighted by atomic mass is 9.95. The van der Waals surface area contributed by atoms with Crippen LogP contribution in [0.25, 0.3) is 76.9 Å². The Morgan fingerprint density at radius 3 is 1.50 bits per heavy atom. The van der Waals surface area contributed by atoms with Gasteiger partial charge in [0.15, 0.2) is 5.58 Å². The normalized spacial score (nSPS) is 11.5. The van der Waals surface area contributed by atoms with Gasteiger partial charge in [-0.25, -0.2) is 0 Å². The van der Waals surface area contributed by atoms with Crippen LogP contribution < -0.4 is 4.90 Å². The van der Waals surface area contributed by atoms with Crippen LogP contribution in [0.1, 0.15) is 0 Å². The molecule has 0 aliphatic carbocycles. The lowest BCUT2D eigenvalue weighted by Gasteiger charge is -2.26. The smallest absolute Gasteiger partial charge is 0.159 e. The SMILES string of the molecule is c1ccc(-c2ccc(N(c3ccc(-c4ccccc4)cc3)c3cccc4c3oc3c(-c5ccc6ccccc6c5)cc5ccccc5c34)cc2)cc1. The zero-order chi connectivity index (χ0) is 34.4. The molecule has 0 radical (unpaired) electrons. The van der Waals surface area contributed by atoms with Gasteiger partial charge < -0.3 is 9.32 Å². The third kappa shape index (κ3) is 5.12. The predicted molar refractivity (Wildman–Crippen MR) is 220 cm³/mol. The second kappa shape index (κ2) is 12.5. The van der Waals surface area contributed by atoms with E-state index in [0.717, 1.165) is 50.1 Å². The minimum Gasteiger partial charge on any atom is -0.453 e. The summed E-state index contributed by atoms with van der Waals surface area (Å²) in [5.41, 5.74) is 11.8. The number of fused-ring (bicyclic) bond motifs is 6. The van der Waals surface area contributed by atoms with Crippen LogP contribution in [-0.4, -0.2) is 0 Å². The molecular formula is C50H33NO. The zero-order valence-corrected chi connectivity index (χ0v) is 28.4. The first-order chi connectivity index (χ1) is 25.8. The number of anilines is 3. The second-order valence-corrected chi connectivity index (χ2v) is 13.3. The van der Waals surface area contributed by atoms with E-state index in [1.54, 1.807) is 0 Å². The molecule has 0 saturated carbocycles. The fourth-order valence-corrected chi connectivity index (χ4v) is 7.67. The highest BCUT2D eigenvalue weighted by Gasteiger charge is 2.22. The third-order valence-electron chi connectivity index (χ3n) is 10.2. The molecule has 1 heterocycles. The molecule has 0 unspecified atom stereocenters. The van der Waals surface area contributed by atoms with Gasteiger partial charge in [-0.2, -0.15) is 0 Å². The summed E-state index contributed by atoms with van der Waals surface area (Å²) in [4.78, 5) is 2.33. The van der Waals surface area contributed by atoms with Crippen molar-refractivity contribution in [2.75, 3.05) is 4.90 Å². The second-order valence-electron chi connectivity index (χ2n) is 13.3. The molecule has 0 saturated heterocycles. The molecule has 0 spiro atoms. The van der Waals surface area contributed by atoms with Crippen LogP contribution in [0.5, 0.6) is 0 Å². The minimum atomic E-state index is 0.857. The zero-order valence-electron chi connectivity index (χ0n) is 28.4. The summed E-state index contributed by atoms with van der Waals surface area (Å²) in [5, 5.41) is 7.04. The van der Waals surface area contributed by atoms with E-state index >= 15 is 0 Å². The Kier molecular flexibility index (Phi) is 7.18. The van der Waals surface area contributed by atoms with E-state index in [2.05, 4.69) is 205 Å². The van der Waals surface area contributed by atoms with Crippen molar-refractivity contribution >= 4 is 60.5 Å². The molecule has 52 heavy (non-hydrogen) atoms. The first kappa shape index (κ1) is 30.0. The molecule has 0 amide bonds. The van der Waals surface area contributed by atoms with Crippen LogP contribution in [0, 0.1) is 0 Å².